The summed E-state index contributed by atoms with van der Waals surface area (Å²) in [7, 11) is 1.63. The number of hydrogen-bond donors (Lipinski definition) is 1. The molecule has 2 heterocycles. The highest BCUT2D eigenvalue weighted by atomic mass is 32.2. The summed E-state index contributed by atoms with van der Waals surface area (Å²) in [5.41, 5.74) is 1.53. The fourth-order valence-electron chi connectivity index (χ4n) is 2.27. The van der Waals surface area contributed by atoms with Gasteiger partial charge in [-0.25, -0.2) is 9.97 Å². The lowest BCUT2D eigenvalue weighted by Crippen LogP contribution is -2.26. The molecular formula is C15H16N4O2S. The molecule has 3 rings (SSSR count). The first-order chi connectivity index (χ1) is 10.7. The standard InChI is InChI=1S/C15H16N4O2S/c1-3-16-14(20)10-4-5-12-11(8-10)19(9-21-2)13-15(22-12)18-7-6-17-13/h4-8H,3,9H2,1-2H3,(H,16,20). The molecule has 0 spiro atoms. The Morgan fingerprint density at radius 2 is 2.18 bits per heavy atom. The van der Waals surface area contributed by atoms with Crippen LogP contribution in [0.3, 0.4) is 0 Å². The number of aromatic nitrogens is 2. The highest BCUT2D eigenvalue weighted by molar-refractivity contribution is 7.99. The van der Waals surface area contributed by atoms with Crippen LogP contribution in [0.2, 0.25) is 0 Å². The molecule has 1 aromatic carbocycles. The molecule has 0 fully saturated rings. The van der Waals surface area contributed by atoms with E-state index < -0.39 is 0 Å². The Bertz CT molecular complexity index is 708. The molecule has 1 aliphatic heterocycles. The number of rotatable bonds is 4. The third kappa shape index (κ3) is 2.65. The molecule has 0 saturated carbocycles. The molecule has 1 N–H and O–H groups in total. The Hall–Kier alpha value is -2.12. The number of anilines is 2. The zero-order chi connectivity index (χ0) is 15.5. The van der Waals surface area contributed by atoms with Crippen molar-refractivity contribution < 1.29 is 9.53 Å². The maximum atomic E-state index is 12.0. The maximum Gasteiger partial charge on any atom is 0.251 e. The zero-order valence-corrected chi connectivity index (χ0v) is 13.2. The fraction of sp³-hybridized carbons (Fsp3) is 0.267. The molecule has 1 aromatic heterocycles. The molecule has 1 aliphatic rings. The SMILES string of the molecule is CCNC(=O)c1ccc2c(c1)N(COC)c1nccnc1S2. The summed E-state index contributed by atoms with van der Waals surface area (Å²) in [6.07, 6.45) is 3.32. The number of hydrogen-bond acceptors (Lipinski definition) is 6. The minimum Gasteiger partial charge on any atom is -0.364 e. The first-order valence-electron chi connectivity index (χ1n) is 6.92. The van der Waals surface area contributed by atoms with Gasteiger partial charge < -0.3 is 10.1 Å². The van der Waals surface area contributed by atoms with Gasteiger partial charge in [-0.05, 0) is 25.1 Å². The lowest BCUT2D eigenvalue weighted by molar-refractivity contribution is 0.0955. The summed E-state index contributed by atoms with van der Waals surface area (Å²) in [6, 6.07) is 5.62. The van der Waals surface area contributed by atoms with Crippen molar-refractivity contribution in [2.75, 3.05) is 25.3 Å². The summed E-state index contributed by atoms with van der Waals surface area (Å²) in [5.74, 6) is 0.660. The van der Waals surface area contributed by atoms with Gasteiger partial charge in [0.25, 0.3) is 5.91 Å². The highest BCUT2D eigenvalue weighted by Crippen LogP contribution is 2.46. The Morgan fingerprint density at radius 3 is 2.95 bits per heavy atom. The summed E-state index contributed by atoms with van der Waals surface area (Å²) >= 11 is 1.54. The summed E-state index contributed by atoms with van der Waals surface area (Å²) in [5, 5.41) is 3.64. The highest BCUT2D eigenvalue weighted by Gasteiger charge is 2.26. The van der Waals surface area contributed by atoms with E-state index in [-0.39, 0.29) is 5.91 Å². The molecule has 114 valence electrons. The predicted octanol–water partition coefficient (Wildman–Crippen LogP) is 2.43. The number of carbonyl (C=O) groups is 1. The number of nitrogens with one attached hydrogen (secondary N) is 1. The van der Waals surface area contributed by atoms with Gasteiger partial charge in [-0.3, -0.25) is 9.69 Å². The number of ether oxygens (including phenoxy) is 1. The van der Waals surface area contributed by atoms with Gasteiger partial charge in [-0.2, -0.15) is 0 Å². The first-order valence-corrected chi connectivity index (χ1v) is 7.73. The van der Waals surface area contributed by atoms with Crippen molar-refractivity contribution in [3.8, 4) is 0 Å². The van der Waals surface area contributed by atoms with E-state index in [1.54, 1.807) is 31.3 Å². The van der Waals surface area contributed by atoms with Gasteiger partial charge in [0.1, 0.15) is 11.8 Å². The van der Waals surface area contributed by atoms with E-state index in [0.29, 0.717) is 18.8 Å². The number of benzene rings is 1. The summed E-state index contributed by atoms with van der Waals surface area (Å²) in [4.78, 5) is 23.8. The molecule has 22 heavy (non-hydrogen) atoms. The third-order valence-corrected chi connectivity index (χ3v) is 4.26. The van der Waals surface area contributed by atoms with Gasteiger partial charge in [0.05, 0.1) is 5.69 Å². The van der Waals surface area contributed by atoms with Crippen molar-refractivity contribution in [1.29, 1.82) is 0 Å². The number of nitrogens with zero attached hydrogens (tertiary/aromatic N) is 3. The van der Waals surface area contributed by atoms with Crippen LogP contribution in [0, 0.1) is 0 Å². The Kier molecular flexibility index (Phi) is 4.26. The van der Waals surface area contributed by atoms with E-state index >= 15 is 0 Å². The number of methoxy groups -OCH3 is 1. The van der Waals surface area contributed by atoms with Crippen LogP contribution in [-0.2, 0) is 4.74 Å². The lowest BCUT2D eigenvalue weighted by Gasteiger charge is -2.30. The summed E-state index contributed by atoms with van der Waals surface area (Å²) < 4.78 is 5.29. The average molecular weight is 316 g/mol. The van der Waals surface area contributed by atoms with E-state index in [2.05, 4.69) is 15.3 Å². The van der Waals surface area contributed by atoms with Crippen LogP contribution in [0.4, 0.5) is 11.5 Å². The van der Waals surface area contributed by atoms with Gasteiger partial charge >= 0.3 is 0 Å². The molecular weight excluding hydrogens is 300 g/mol. The normalized spacial score (nSPS) is 12.5. The van der Waals surface area contributed by atoms with E-state index in [9.17, 15) is 4.79 Å². The smallest absolute Gasteiger partial charge is 0.251 e. The van der Waals surface area contributed by atoms with Crippen molar-refractivity contribution in [3.63, 3.8) is 0 Å². The minimum absolute atomic E-state index is 0.0855. The van der Waals surface area contributed by atoms with Crippen molar-refractivity contribution in [1.82, 2.24) is 15.3 Å². The first kappa shape index (κ1) is 14.8. The second kappa shape index (κ2) is 6.33. The quantitative estimate of drug-likeness (QED) is 0.934. The van der Waals surface area contributed by atoms with Crippen molar-refractivity contribution in [2.24, 2.45) is 0 Å². The topological polar surface area (TPSA) is 67.4 Å². The molecule has 1 amide bonds. The van der Waals surface area contributed by atoms with Crippen LogP contribution in [0.5, 0.6) is 0 Å². The van der Waals surface area contributed by atoms with Gasteiger partial charge in [-0.15, -0.1) is 0 Å². The second-order valence-corrected chi connectivity index (χ2v) is 5.71. The largest absolute Gasteiger partial charge is 0.364 e. The van der Waals surface area contributed by atoms with Crippen LogP contribution >= 0.6 is 11.8 Å². The molecule has 6 nitrogen and oxygen atoms in total. The maximum absolute atomic E-state index is 12.0. The second-order valence-electron chi connectivity index (χ2n) is 4.67. The van der Waals surface area contributed by atoms with Crippen molar-refractivity contribution in [2.45, 2.75) is 16.8 Å². The molecule has 0 atom stereocenters. The fourth-order valence-corrected chi connectivity index (χ4v) is 3.26. The van der Waals surface area contributed by atoms with Gasteiger partial charge in [0.15, 0.2) is 5.82 Å². The van der Waals surface area contributed by atoms with Crippen LogP contribution in [0.15, 0.2) is 40.5 Å². The molecule has 7 heteroatoms. The summed E-state index contributed by atoms with van der Waals surface area (Å²) in [6.45, 7) is 2.84. The monoisotopic (exact) mass is 316 g/mol. The molecule has 0 aliphatic carbocycles. The number of carbonyl (C=O) groups excluding carboxylic acids is 1. The number of fused-ring (bicyclic) bond motifs is 2. The Labute approximate surface area is 132 Å². The Balaban J connectivity index is 2.04. The van der Waals surface area contributed by atoms with Crippen LogP contribution in [-0.4, -0.2) is 36.3 Å². The predicted molar refractivity (Wildman–Crippen MR) is 84.6 cm³/mol. The average Bonchev–Trinajstić information content (AvgIpc) is 2.54. The van der Waals surface area contributed by atoms with Gasteiger partial charge in [-0.1, -0.05) is 11.8 Å². The van der Waals surface area contributed by atoms with Crippen LogP contribution in [0.25, 0.3) is 0 Å². The lowest BCUT2D eigenvalue weighted by atomic mass is 10.1. The zero-order valence-electron chi connectivity index (χ0n) is 12.4. The molecule has 0 radical (unpaired) electrons. The molecule has 0 bridgehead atoms. The Morgan fingerprint density at radius 1 is 1.36 bits per heavy atom. The van der Waals surface area contributed by atoms with Crippen LogP contribution in [0.1, 0.15) is 17.3 Å². The van der Waals surface area contributed by atoms with E-state index in [1.165, 1.54) is 0 Å². The molecule has 0 unspecified atom stereocenters. The minimum atomic E-state index is -0.0855. The van der Waals surface area contributed by atoms with Crippen LogP contribution < -0.4 is 10.2 Å². The van der Waals surface area contributed by atoms with E-state index in [0.717, 1.165) is 21.4 Å². The molecule has 0 saturated heterocycles. The third-order valence-electron chi connectivity index (χ3n) is 3.22. The van der Waals surface area contributed by atoms with Gasteiger partial charge in [0, 0.05) is 36.5 Å². The molecule has 2 aromatic rings. The van der Waals surface area contributed by atoms with Crippen molar-refractivity contribution >= 4 is 29.2 Å². The van der Waals surface area contributed by atoms with Crippen molar-refractivity contribution in [3.05, 3.63) is 36.2 Å². The van der Waals surface area contributed by atoms with E-state index in [1.807, 2.05) is 30.0 Å². The number of amides is 1. The van der Waals surface area contributed by atoms with E-state index in [4.69, 9.17) is 4.74 Å². The van der Waals surface area contributed by atoms with Gasteiger partial charge in [0.2, 0.25) is 0 Å².